The fraction of sp³-hybridized carbons (Fsp3) is 0.105. The number of benzene rings is 2. The minimum atomic E-state index is 0.739. The number of ether oxygens (including phenoxy) is 1. The average Bonchev–Trinajstić information content (AvgIpc) is 2.92. The fourth-order valence-corrected chi connectivity index (χ4v) is 2.43. The predicted octanol–water partition coefficient (Wildman–Crippen LogP) is 4.40. The van der Waals surface area contributed by atoms with Crippen LogP contribution in [0.4, 0.5) is 0 Å². The van der Waals surface area contributed by atoms with Gasteiger partial charge in [-0.15, -0.1) is 6.58 Å². The van der Waals surface area contributed by atoms with Crippen molar-refractivity contribution in [3.8, 4) is 5.75 Å². The van der Waals surface area contributed by atoms with Gasteiger partial charge in [-0.2, -0.15) is 0 Å². The zero-order valence-electron chi connectivity index (χ0n) is 12.6. The summed E-state index contributed by atoms with van der Waals surface area (Å²) in [4.78, 5) is 4.68. The van der Waals surface area contributed by atoms with Gasteiger partial charge in [0.05, 0.1) is 18.1 Å². The van der Waals surface area contributed by atoms with Gasteiger partial charge in [0.1, 0.15) is 11.6 Å². The van der Waals surface area contributed by atoms with Gasteiger partial charge in [0.25, 0.3) is 0 Å². The monoisotopic (exact) mass is 290 g/mol. The van der Waals surface area contributed by atoms with E-state index in [1.54, 1.807) is 7.11 Å². The van der Waals surface area contributed by atoms with Crippen LogP contribution >= 0.6 is 0 Å². The molecule has 0 fully saturated rings. The molecule has 0 amide bonds. The second kappa shape index (κ2) is 6.31. The van der Waals surface area contributed by atoms with Crippen molar-refractivity contribution in [2.75, 3.05) is 7.11 Å². The Morgan fingerprint density at radius 2 is 1.86 bits per heavy atom. The average molecular weight is 290 g/mol. The van der Waals surface area contributed by atoms with Crippen LogP contribution in [0.2, 0.25) is 0 Å². The highest BCUT2D eigenvalue weighted by atomic mass is 16.5. The molecule has 2 aromatic carbocycles. The van der Waals surface area contributed by atoms with Gasteiger partial charge in [-0.3, -0.25) is 0 Å². The number of hydrogen-bond donors (Lipinski definition) is 0. The molecule has 0 saturated carbocycles. The predicted molar refractivity (Wildman–Crippen MR) is 91.9 cm³/mol. The Hall–Kier alpha value is -2.81. The first kappa shape index (κ1) is 14.1. The topological polar surface area (TPSA) is 27.1 Å². The molecule has 0 atom stereocenters. The van der Waals surface area contributed by atoms with Gasteiger partial charge in [-0.05, 0) is 35.9 Å². The number of methoxy groups -OCH3 is 1. The SMILES string of the molecule is C=CCn1c(/C=C/c2ccc(OC)cc2)nc2ccccc21. The summed E-state index contributed by atoms with van der Waals surface area (Å²) in [5.74, 6) is 1.79. The highest BCUT2D eigenvalue weighted by Crippen LogP contribution is 2.19. The highest BCUT2D eigenvalue weighted by molar-refractivity contribution is 5.80. The van der Waals surface area contributed by atoms with E-state index in [-0.39, 0.29) is 0 Å². The Balaban J connectivity index is 1.96. The van der Waals surface area contributed by atoms with Crippen molar-refractivity contribution in [3.05, 3.63) is 72.6 Å². The first-order valence-corrected chi connectivity index (χ1v) is 7.20. The van der Waals surface area contributed by atoms with E-state index in [0.29, 0.717) is 0 Å². The maximum absolute atomic E-state index is 5.17. The molecule has 0 bridgehead atoms. The van der Waals surface area contributed by atoms with Crippen molar-refractivity contribution in [3.63, 3.8) is 0 Å². The van der Waals surface area contributed by atoms with Gasteiger partial charge < -0.3 is 9.30 Å². The molecule has 0 radical (unpaired) electrons. The summed E-state index contributed by atoms with van der Waals surface area (Å²) in [5.41, 5.74) is 3.23. The Kier molecular flexibility index (Phi) is 4.05. The standard InChI is InChI=1S/C19H18N2O/c1-3-14-21-18-7-5-4-6-17(18)20-19(21)13-10-15-8-11-16(22-2)12-9-15/h3-13H,1,14H2,2H3/b13-10+. The Morgan fingerprint density at radius 1 is 1.09 bits per heavy atom. The molecule has 1 aromatic heterocycles. The Bertz CT molecular complexity index is 813. The summed E-state index contributed by atoms with van der Waals surface area (Å²) in [6.45, 7) is 4.57. The fourth-order valence-electron chi connectivity index (χ4n) is 2.43. The first-order valence-electron chi connectivity index (χ1n) is 7.20. The van der Waals surface area contributed by atoms with E-state index < -0.39 is 0 Å². The van der Waals surface area contributed by atoms with Crippen molar-refractivity contribution in [1.82, 2.24) is 9.55 Å². The van der Waals surface area contributed by atoms with Gasteiger partial charge in [-0.1, -0.05) is 36.4 Å². The van der Waals surface area contributed by atoms with Gasteiger partial charge in [-0.25, -0.2) is 4.98 Å². The van der Waals surface area contributed by atoms with Crippen molar-refractivity contribution in [2.45, 2.75) is 6.54 Å². The highest BCUT2D eigenvalue weighted by Gasteiger charge is 2.06. The number of allylic oxidation sites excluding steroid dienone is 1. The molecule has 110 valence electrons. The minimum absolute atomic E-state index is 0.739. The van der Waals surface area contributed by atoms with Crippen molar-refractivity contribution >= 4 is 23.2 Å². The molecule has 0 aliphatic carbocycles. The lowest BCUT2D eigenvalue weighted by atomic mass is 10.2. The van der Waals surface area contributed by atoms with Crippen LogP contribution in [0, 0.1) is 0 Å². The summed E-state index contributed by atoms with van der Waals surface area (Å²) in [6.07, 6.45) is 5.98. The van der Waals surface area contributed by atoms with Gasteiger partial charge in [0, 0.05) is 6.54 Å². The third kappa shape index (κ3) is 2.79. The number of para-hydroxylation sites is 2. The second-order valence-corrected chi connectivity index (χ2v) is 4.96. The molecule has 3 nitrogen and oxygen atoms in total. The lowest BCUT2D eigenvalue weighted by Crippen LogP contribution is -1.97. The lowest BCUT2D eigenvalue weighted by molar-refractivity contribution is 0.415. The van der Waals surface area contributed by atoms with Gasteiger partial charge in [0.2, 0.25) is 0 Å². The van der Waals surface area contributed by atoms with Gasteiger partial charge >= 0.3 is 0 Å². The third-order valence-electron chi connectivity index (χ3n) is 3.54. The lowest BCUT2D eigenvalue weighted by Gasteiger charge is -2.03. The molecule has 0 aliphatic heterocycles. The Labute approximate surface area is 130 Å². The van der Waals surface area contributed by atoms with Crippen LogP contribution in [0.25, 0.3) is 23.2 Å². The molecule has 0 unspecified atom stereocenters. The molecule has 0 aliphatic rings. The second-order valence-electron chi connectivity index (χ2n) is 4.96. The van der Waals surface area contributed by atoms with Crippen molar-refractivity contribution in [1.29, 1.82) is 0 Å². The molecule has 22 heavy (non-hydrogen) atoms. The zero-order valence-corrected chi connectivity index (χ0v) is 12.6. The van der Waals surface area contributed by atoms with Crippen LogP contribution in [0.5, 0.6) is 5.75 Å². The van der Waals surface area contributed by atoms with E-state index in [1.165, 1.54) is 0 Å². The van der Waals surface area contributed by atoms with Crippen LogP contribution in [-0.4, -0.2) is 16.7 Å². The van der Waals surface area contributed by atoms with Crippen LogP contribution in [0.15, 0.2) is 61.2 Å². The van der Waals surface area contributed by atoms with Crippen molar-refractivity contribution in [2.24, 2.45) is 0 Å². The first-order chi connectivity index (χ1) is 10.8. The number of imidazole rings is 1. The molecule has 1 heterocycles. The van der Waals surface area contributed by atoms with E-state index >= 15 is 0 Å². The Morgan fingerprint density at radius 3 is 2.59 bits per heavy atom. The van der Waals surface area contributed by atoms with Crippen LogP contribution in [-0.2, 0) is 6.54 Å². The van der Waals surface area contributed by atoms with E-state index in [2.05, 4.69) is 28.3 Å². The number of nitrogens with zero attached hydrogens (tertiary/aromatic N) is 2. The molecule has 0 N–H and O–H groups in total. The largest absolute Gasteiger partial charge is 0.497 e. The van der Waals surface area contributed by atoms with E-state index in [4.69, 9.17) is 4.74 Å². The van der Waals surface area contributed by atoms with Crippen LogP contribution in [0.1, 0.15) is 11.4 Å². The molecule has 3 heteroatoms. The molecule has 0 spiro atoms. The normalized spacial score (nSPS) is 11.1. The maximum Gasteiger partial charge on any atom is 0.134 e. The number of fused-ring (bicyclic) bond motifs is 1. The minimum Gasteiger partial charge on any atom is -0.497 e. The summed E-state index contributed by atoms with van der Waals surface area (Å²) in [7, 11) is 1.67. The summed E-state index contributed by atoms with van der Waals surface area (Å²) >= 11 is 0. The van der Waals surface area contributed by atoms with Crippen LogP contribution in [0.3, 0.4) is 0 Å². The number of hydrogen-bond acceptors (Lipinski definition) is 2. The molecule has 0 saturated heterocycles. The molecule has 3 aromatic rings. The van der Waals surface area contributed by atoms with E-state index in [1.807, 2.05) is 54.6 Å². The molecular weight excluding hydrogens is 272 g/mol. The van der Waals surface area contributed by atoms with Gasteiger partial charge in [0.15, 0.2) is 0 Å². The smallest absolute Gasteiger partial charge is 0.134 e. The summed E-state index contributed by atoms with van der Waals surface area (Å²) in [5, 5.41) is 0. The quantitative estimate of drug-likeness (QED) is 0.651. The van der Waals surface area contributed by atoms with E-state index in [0.717, 1.165) is 34.7 Å². The molecular formula is C19H18N2O. The third-order valence-corrected chi connectivity index (χ3v) is 3.54. The number of aromatic nitrogens is 2. The zero-order chi connectivity index (χ0) is 15.4. The molecule has 3 rings (SSSR count). The summed E-state index contributed by atoms with van der Waals surface area (Å²) < 4.78 is 7.33. The number of rotatable bonds is 5. The summed E-state index contributed by atoms with van der Waals surface area (Å²) in [6, 6.07) is 16.1. The van der Waals surface area contributed by atoms with Crippen molar-refractivity contribution < 1.29 is 4.74 Å². The maximum atomic E-state index is 5.17. The van der Waals surface area contributed by atoms with Crippen LogP contribution < -0.4 is 4.74 Å². The van der Waals surface area contributed by atoms with E-state index in [9.17, 15) is 0 Å².